The maximum absolute atomic E-state index is 12.7. The number of hydrogen-bond acceptors (Lipinski definition) is 6. The molecule has 2 aliphatic rings. The van der Waals surface area contributed by atoms with Gasteiger partial charge in [0, 0.05) is 17.5 Å². The number of ketones is 1. The van der Waals surface area contributed by atoms with Gasteiger partial charge in [-0.2, -0.15) is 0 Å². The van der Waals surface area contributed by atoms with E-state index >= 15 is 0 Å². The smallest absolute Gasteiger partial charge is 0.315 e. The van der Waals surface area contributed by atoms with Gasteiger partial charge in [-0.1, -0.05) is 18.2 Å². The van der Waals surface area contributed by atoms with Gasteiger partial charge in [0.1, 0.15) is 12.0 Å². The highest BCUT2D eigenvalue weighted by Gasteiger charge is 2.53. The first-order chi connectivity index (χ1) is 17.2. The maximum Gasteiger partial charge on any atom is 0.315 e. The van der Waals surface area contributed by atoms with E-state index in [4.69, 9.17) is 27.2 Å². The van der Waals surface area contributed by atoms with Crippen LogP contribution in [-0.4, -0.2) is 38.5 Å². The summed E-state index contributed by atoms with van der Waals surface area (Å²) >= 11 is 0. The molecule has 0 radical (unpaired) electrons. The number of fused-ring (bicyclic) bond motifs is 1. The van der Waals surface area contributed by atoms with Gasteiger partial charge in [-0.25, -0.2) is 0 Å². The third-order valence-electron chi connectivity index (χ3n) is 5.78. The predicted molar refractivity (Wildman–Crippen MR) is 116 cm³/mol. The second-order valence-corrected chi connectivity index (χ2v) is 8.25. The fraction of sp³-hybridized carbons (Fsp3) is 0.440. The molecule has 0 spiro atoms. The Kier molecular flexibility index (Phi) is 3.96. The van der Waals surface area contributed by atoms with E-state index < -0.39 is 31.2 Å². The summed E-state index contributed by atoms with van der Waals surface area (Å²) in [6.45, 7) is 3.33. The third-order valence-corrected chi connectivity index (χ3v) is 5.78. The van der Waals surface area contributed by atoms with Crippen molar-refractivity contribution < 1.29 is 36.8 Å². The summed E-state index contributed by atoms with van der Waals surface area (Å²) in [6, 6.07) is 8.03. The Bertz CT molecular complexity index is 1210. The fourth-order valence-electron chi connectivity index (χ4n) is 3.93. The van der Waals surface area contributed by atoms with Crippen molar-refractivity contribution in [3.8, 4) is 28.4 Å². The molecule has 6 heteroatoms. The molecule has 6 nitrogen and oxygen atoms in total. The lowest BCUT2D eigenvalue weighted by atomic mass is 9.95. The number of hydrogen-bond donors (Lipinski definition) is 0. The largest absolute Gasteiger partial charge is 0.493 e. The summed E-state index contributed by atoms with van der Waals surface area (Å²) < 4.78 is 67.4. The lowest BCUT2D eigenvalue weighted by Crippen LogP contribution is -2.28. The van der Waals surface area contributed by atoms with E-state index in [1.54, 1.807) is 32.0 Å². The average molecular weight is 431 g/mol. The summed E-state index contributed by atoms with van der Waals surface area (Å²) in [6.07, 6.45) is 1.53. The maximum atomic E-state index is 12.7. The normalized spacial score (nSPS) is 19.8. The van der Waals surface area contributed by atoms with Crippen molar-refractivity contribution in [3.63, 3.8) is 0 Å². The number of carbonyl (C=O) groups excluding carboxylic acids is 2. The molecule has 0 N–H and O–H groups in total. The monoisotopic (exact) mass is 430 g/mol. The third kappa shape index (κ3) is 3.87. The van der Waals surface area contributed by atoms with Crippen molar-refractivity contribution >= 4 is 11.8 Å². The zero-order valence-corrected chi connectivity index (χ0v) is 17.4. The number of ether oxygens (including phenoxy) is 4. The Balaban J connectivity index is 1.84. The molecule has 4 rings (SSSR count). The van der Waals surface area contributed by atoms with E-state index in [0.29, 0.717) is 42.4 Å². The zero-order chi connectivity index (χ0) is 27.2. The molecular formula is C25H28O6. The molecule has 1 saturated carbocycles. The molecule has 2 aromatic rings. The van der Waals surface area contributed by atoms with Crippen LogP contribution in [0.4, 0.5) is 0 Å². The van der Waals surface area contributed by atoms with Gasteiger partial charge in [-0.3, -0.25) is 9.59 Å². The molecule has 0 aliphatic heterocycles. The highest BCUT2D eigenvalue weighted by Crippen LogP contribution is 2.51. The average Bonchev–Trinajstić information content (AvgIpc) is 3.47. The van der Waals surface area contributed by atoms with E-state index in [2.05, 4.69) is 0 Å². The highest BCUT2D eigenvalue weighted by atomic mass is 16.6. The number of benzene rings is 2. The van der Waals surface area contributed by atoms with Gasteiger partial charge in [-0.15, -0.1) is 0 Å². The van der Waals surface area contributed by atoms with E-state index in [-0.39, 0.29) is 30.0 Å². The van der Waals surface area contributed by atoms with Crippen LogP contribution in [0.25, 0.3) is 11.1 Å². The van der Waals surface area contributed by atoms with Crippen LogP contribution >= 0.6 is 0 Å². The molecule has 2 aromatic carbocycles. The summed E-state index contributed by atoms with van der Waals surface area (Å²) in [7, 11) is -5.86. The van der Waals surface area contributed by atoms with Crippen molar-refractivity contribution in [2.24, 2.45) is 5.41 Å². The number of methoxy groups -OCH3 is 2. The minimum Gasteiger partial charge on any atom is -0.493 e. The number of carbonyl (C=O) groups is 2. The van der Waals surface area contributed by atoms with Gasteiger partial charge in [-0.05, 0) is 56.4 Å². The lowest BCUT2D eigenvalue weighted by molar-refractivity contribution is -0.155. The molecule has 0 amide bonds. The topological polar surface area (TPSA) is 71.1 Å². The van der Waals surface area contributed by atoms with Crippen LogP contribution in [0.1, 0.15) is 57.3 Å². The molecule has 0 unspecified atom stereocenters. The number of esters is 1. The van der Waals surface area contributed by atoms with Crippen molar-refractivity contribution in [2.45, 2.75) is 45.6 Å². The molecule has 0 heterocycles. The molecule has 0 bridgehead atoms. The lowest BCUT2D eigenvalue weighted by Gasteiger charge is -2.22. The van der Waals surface area contributed by atoms with Crippen LogP contribution in [-0.2, 0) is 16.0 Å². The molecule has 0 saturated heterocycles. The van der Waals surface area contributed by atoms with Crippen LogP contribution in [0.5, 0.6) is 17.2 Å². The highest BCUT2D eigenvalue weighted by molar-refractivity contribution is 6.02. The Hall–Kier alpha value is -3.02. The van der Waals surface area contributed by atoms with E-state index in [9.17, 15) is 9.59 Å². The molecule has 0 atom stereocenters. The van der Waals surface area contributed by atoms with Crippen molar-refractivity contribution in [1.29, 1.82) is 0 Å². The number of rotatable bonds is 8. The minimum atomic E-state index is -2.97. The van der Waals surface area contributed by atoms with Gasteiger partial charge < -0.3 is 18.9 Å². The molecule has 31 heavy (non-hydrogen) atoms. The Labute approximate surface area is 190 Å². The Morgan fingerprint density at radius 3 is 2.52 bits per heavy atom. The molecule has 2 aliphatic carbocycles. The van der Waals surface area contributed by atoms with E-state index in [1.807, 2.05) is 0 Å². The van der Waals surface area contributed by atoms with Crippen LogP contribution in [0.2, 0.25) is 0 Å². The van der Waals surface area contributed by atoms with Gasteiger partial charge in [0.25, 0.3) is 0 Å². The Morgan fingerprint density at radius 2 is 1.81 bits per heavy atom. The first-order valence-electron chi connectivity index (χ1n) is 13.2. The summed E-state index contributed by atoms with van der Waals surface area (Å²) in [5.74, 6) is -1.30. The van der Waals surface area contributed by atoms with Gasteiger partial charge in [0.2, 0.25) is 5.75 Å². The molecular weight excluding hydrogens is 396 g/mol. The Morgan fingerprint density at radius 1 is 1.03 bits per heavy atom. The SMILES string of the molecule is [2H]C([2H])([2H])Oc1ccc(-c2cccc3c2CCC3=O)c(OCC2(C(=O)OC(C)C)CC2)c1OC([2H])([2H])[2H]. The van der Waals surface area contributed by atoms with E-state index in [0.717, 1.165) is 5.56 Å². The minimum absolute atomic E-state index is 0.00555. The van der Waals surface area contributed by atoms with Crippen LogP contribution in [0.3, 0.4) is 0 Å². The fourth-order valence-corrected chi connectivity index (χ4v) is 3.93. The van der Waals surface area contributed by atoms with Gasteiger partial charge in [0.15, 0.2) is 17.3 Å². The van der Waals surface area contributed by atoms with Crippen LogP contribution in [0, 0.1) is 5.41 Å². The summed E-state index contributed by atoms with van der Waals surface area (Å²) in [4.78, 5) is 25.1. The predicted octanol–water partition coefficient (Wildman–Crippen LogP) is 4.61. The quantitative estimate of drug-likeness (QED) is 0.570. The van der Waals surface area contributed by atoms with Crippen LogP contribution < -0.4 is 14.2 Å². The molecule has 164 valence electrons. The van der Waals surface area contributed by atoms with Crippen LogP contribution in [0.15, 0.2) is 30.3 Å². The van der Waals surface area contributed by atoms with Crippen molar-refractivity contribution in [3.05, 3.63) is 41.5 Å². The zero-order valence-electron chi connectivity index (χ0n) is 23.4. The second kappa shape index (κ2) is 8.25. The van der Waals surface area contributed by atoms with Crippen molar-refractivity contribution in [2.75, 3.05) is 20.7 Å². The standard InChI is InChI=1S/C25H28O6/c1-15(2)31-24(27)25(12-13-25)14-30-22-19(9-11-21(28-3)23(22)29-4)16-6-5-7-18-17(16)8-10-20(18)26/h5-7,9,11,15H,8,10,12-14H2,1-4H3/i3D3,4D3. The second-order valence-electron chi connectivity index (χ2n) is 8.25. The summed E-state index contributed by atoms with van der Waals surface area (Å²) in [5, 5.41) is 0. The first-order valence-corrected chi connectivity index (χ1v) is 10.2. The first kappa shape index (κ1) is 14.9. The van der Waals surface area contributed by atoms with Gasteiger partial charge in [0.05, 0.1) is 28.4 Å². The molecule has 0 aromatic heterocycles. The number of Topliss-reactive ketones (excluding diaryl/α,β-unsaturated/α-hetero) is 1. The van der Waals surface area contributed by atoms with Gasteiger partial charge >= 0.3 is 5.97 Å². The van der Waals surface area contributed by atoms with Crippen molar-refractivity contribution in [1.82, 2.24) is 0 Å². The van der Waals surface area contributed by atoms with E-state index in [1.165, 1.54) is 12.1 Å². The molecule has 1 fully saturated rings. The summed E-state index contributed by atoms with van der Waals surface area (Å²) in [5.41, 5.74) is 1.42.